The van der Waals surface area contributed by atoms with Crippen molar-refractivity contribution in [2.75, 3.05) is 24.6 Å². The van der Waals surface area contributed by atoms with E-state index < -0.39 is 0 Å². The monoisotopic (exact) mass is 270 g/mol. The van der Waals surface area contributed by atoms with E-state index in [1.807, 2.05) is 0 Å². The summed E-state index contributed by atoms with van der Waals surface area (Å²) in [4.78, 5) is 2.83. The first-order chi connectivity index (χ1) is 8.55. The Morgan fingerprint density at radius 2 is 2.06 bits per heavy atom. The lowest BCUT2D eigenvalue weighted by molar-refractivity contribution is 0.0650. The molecule has 0 aromatic rings. The molecule has 2 nitrogen and oxygen atoms in total. The van der Waals surface area contributed by atoms with Gasteiger partial charge in [-0.15, -0.1) is 0 Å². The highest BCUT2D eigenvalue weighted by molar-refractivity contribution is 7.99. The number of hydrogen-bond donors (Lipinski definition) is 1. The first-order valence-electron chi connectivity index (χ1n) is 7.62. The van der Waals surface area contributed by atoms with E-state index in [-0.39, 0.29) is 0 Å². The molecule has 0 bridgehead atoms. The summed E-state index contributed by atoms with van der Waals surface area (Å²) in [5.74, 6) is 2.68. The van der Waals surface area contributed by atoms with Gasteiger partial charge in [0, 0.05) is 37.0 Å². The van der Waals surface area contributed by atoms with Crippen LogP contribution in [0, 0.1) is 5.41 Å². The van der Waals surface area contributed by atoms with Crippen LogP contribution < -0.4 is 5.32 Å². The van der Waals surface area contributed by atoms with Crippen LogP contribution in [0.2, 0.25) is 0 Å². The molecule has 0 radical (unpaired) electrons. The van der Waals surface area contributed by atoms with E-state index in [1.165, 1.54) is 43.9 Å². The fourth-order valence-electron chi connectivity index (χ4n) is 3.43. The molecule has 2 aliphatic rings. The topological polar surface area (TPSA) is 15.3 Å². The maximum absolute atomic E-state index is 3.71. The Bertz CT molecular complexity index is 267. The average Bonchev–Trinajstić information content (AvgIpc) is 2.36. The largest absolute Gasteiger partial charge is 0.311 e. The van der Waals surface area contributed by atoms with Gasteiger partial charge in [-0.2, -0.15) is 11.8 Å². The number of nitrogens with zero attached hydrogens (tertiary/aromatic N) is 1. The fourth-order valence-corrected chi connectivity index (χ4v) is 4.80. The van der Waals surface area contributed by atoms with Gasteiger partial charge in [-0.1, -0.05) is 27.7 Å². The van der Waals surface area contributed by atoms with Gasteiger partial charge in [-0.3, -0.25) is 4.90 Å². The minimum atomic E-state index is 0.526. The lowest BCUT2D eigenvalue weighted by Gasteiger charge is -2.48. The van der Waals surface area contributed by atoms with Crippen LogP contribution >= 0.6 is 11.8 Å². The Hall–Kier alpha value is 0.270. The van der Waals surface area contributed by atoms with Crippen LogP contribution in [-0.4, -0.2) is 47.6 Å². The van der Waals surface area contributed by atoms with Crippen molar-refractivity contribution in [2.24, 2.45) is 5.41 Å². The van der Waals surface area contributed by atoms with Gasteiger partial charge in [0.15, 0.2) is 0 Å². The Balaban J connectivity index is 2.03. The lowest BCUT2D eigenvalue weighted by atomic mass is 9.86. The van der Waals surface area contributed by atoms with Crippen molar-refractivity contribution in [1.29, 1.82) is 0 Å². The molecule has 18 heavy (non-hydrogen) atoms. The smallest absolute Gasteiger partial charge is 0.0222 e. The second kappa shape index (κ2) is 6.15. The van der Waals surface area contributed by atoms with Crippen molar-refractivity contribution in [1.82, 2.24) is 10.2 Å². The van der Waals surface area contributed by atoms with Crippen LogP contribution in [0.1, 0.15) is 47.0 Å². The molecule has 2 saturated heterocycles. The summed E-state index contributed by atoms with van der Waals surface area (Å²) in [7, 11) is 0. The number of hydrogen-bond acceptors (Lipinski definition) is 3. The van der Waals surface area contributed by atoms with Crippen LogP contribution in [0.3, 0.4) is 0 Å². The highest BCUT2D eigenvalue weighted by atomic mass is 32.2. The quantitative estimate of drug-likeness (QED) is 0.849. The van der Waals surface area contributed by atoms with Gasteiger partial charge >= 0.3 is 0 Å². The standard InChI is InChI=1S/C15H30N2S/c1-5-12-9-17(13(6-2)8-16-12)14-7-15(3,4)11-18-10-14/h12-14,16H,5-11H2,1-4H3. The third kappa shape index (κ3) is 3.43. The second-order valence-electron chi connectivity index (χ2n) is 6.81. The first kappa shape index (κ1) is 14.7. The van der Waals surface area contributed by atoms with E-state index in [0.29, 0.717) is 11.5 Å². The summed E-state index contributed by atoms with van der Waals surface area (Å²) in [6, 6.07) is 2.27. The summed E-state index contributed by atoms with van der Waals surface area (Å²) in [6.07, 6.45) is 3.92. The molecule has 2 rings (SSSR count). The molecule has 3 heteroatoms. The number of piperazine rings is 1. The molecule has 0 spiro atoms. The Morgan fingerprint density at radius 1 is 1.28 bits per heavy atom. The Labute approximate surface area is 117 Å². The molecule has 0 aromatic carbocycles. The number of rotatable bonds is 3. The molecule has 106 valence electrons. The predicted molar refractivity (Wildman–Crippen MR) is 82.4 cm³/mol. The molecular formula is C15H30N2S. The number of thioether (sulfide) groups is 1. The summed E-state index contributed by atoms with van der Waals surface area (Å²) in [5.41, 5.74) is 0.526. The van der Waals surface area contributed by atoms with Crippen molar-refractivity contribution >= 4 is 11.8 Å². The molecule has 2 heterocycles. The van der Waals surface area contributed by atoms with Crippen LogP contribution in [0.5, 0.6) is 0 Å². The lowest BCUT2D eigenvalue weighted by Crippen LogP contribution is -2.60. The molecule has 1 N–H and O–H groups in total. The highest BCUT2D eigenvalue weighted by Gasteiger charge is 2.36. The van der Waals surface area contributed by atoms with Crippen molar-refractivity contribution in [3.8, 4) is 0 Å². The molecule has 0 amide bonds. The average molecular weight is 270 g/mol. The van der Waals surface area contributed by atoms with E-state index in [9.17, 15) is 0 Å². The van der Waals surface area contributed by atoms with E-state index in [1.54, 1.807) is 0 Å². The Morgan fingerprint density at radius 3 is 2.67 bits per heavy atom. The van der Waals surface area contributed by atoms with Crippen LogP contribution in [0.25, 0.3) is 0 Å². The van der Waals surface area contributed by atoms with Crippen molar-refractivity contribution in [2.45, 2.75) is 65.1 Å². The Kier molecular flexibility index (Phi) is 5.01. The van der Waals surface area contributed by atoms with Gasteiger partial charge in [0.25, 0.3) is 0 Å². The predicted octanol–water partition coefficient (Wildman–Crippen LogP) is 2.98. The van der Waals surface area contributed by atoms with Crippen LogP contribution in [0.15, 0.2) is 0 Å². The molecule has 3 unspecified atom stereocenters. The van der Waals surface area contributed by atoms with E-state index in [0.717, 1.165) is 12.1 Å². The summed E-state index contributed by atoms with van der Waals surface area (Å²) in [6.45, 7) is 12.0. The molecular weight excluding hydrogens is 240 g/mol. The highest BCUT2D eigenvalue weighted by Crippen LogP contribution is 2.36. The van der Waals surface area contributed by atoms with Gasteiger partial charge in [0.1, 0.15) is 0 Å². The zero-order valence-corrected chi connectivity index (χ0v) is 13.4. The summed E-state index contributed by atoms with van der Waals surface area (Å²) >= 11 is 2.16. The third-order valence-electron chi connectivity index (χ3n) is 4.57. The van der Waals surface area contributed by atoms with Gasteiger partial charge in [0.2, 0.25) is 0 Å². The maximum atomic E-state index is 3.71. The molecule has 3 atom stereocenters. The summed E-state index contributed by atoms with van der Waals surface area (Å²) < 4.78 is 0. The molecule has 0 aromatic heterocycles. The van der Waals surface area contributed by atoms with Gasteiger partial charge < -0.3 is 5.32 Å². The van der Waals surface area contributed by atoms with Crippen molar-refractivity contribution in [3.05, 3.63) is 0 Å². The van der Waals surface area contributed by atoms with Gasteiger partial charge in [-0.05, 0) is 30.4 Å². The van der Waals surface area contributed by atoms with E-state index >= 15 is 0 Å². The van der Waals surface area contributed by atoms with E-state index in [2.05, 4.69) is 49.7 Å². The second-order valence-corrected chi connectivity index (χ2v) is 7.84. The van der Waals surface area contributed by atoms with Crippen LogP contribution in [-0.2, 0) is 0 Å². The molecule has 0 aliphatic carbocycles. The zero-order chi connectivity index (χ0) is 13.2. The minimum Gasteiger partial charge on any atom is -0.311 e. The first-order valence-corrected chi connectivity index (χ1v) is 8.78. The molecule has 2 aliphatic heterocycles. The van der Waals surface area contributed by atoms with Crippen molar-refractivity contribution < 1.29 is 0 Å². The zero-order valence-electron chi connectivity index (χ0n) is 12.5. The third-order valence-corrected chi connectivity index (χ3v) is 6.17. The van der Waals surface area contributed by atoms with Gasteiger partial charge in [0.05, 0.1) is 0 Å². The fraction of sp³-hybridized carbons (Fsp3) is 1.00. The van der Waals surface area contributed by atoms with Crippen LogP contribution in [0.4, 0.5) is 0 Å². The molecule has 0 saturated carbocycles. The SMILES string of the molecule is CCC1CN(C2CSCC(C)(C)C2)C(CC)CN1. The minimum absolute atomic E-state index is 0.526. The van der Waals surface area contributed by atoms with Gasteiger partial charge in [-0.25, -0.2) is 0 Å². The summed E-state index contributed by atoms with van der Waals surface area (Å²) in [5, 5.41) is 3.71. The molecule has 2 fully saturated rings. The maximum Gasteiger partial charge on any atom is 0.0222 e. The number of nitrogens with one attached hydrogen (secondary N) is 1. The van der Waals surface area contributed by atoms with E-state index in [4.69, 9.17) is 0 Å². The normalized spacial score (nSPS) is 37.7. The van der Waals surface area contributed by atoms with Crippen molar-refractivity contribution in [3.63, 3.8) is 0 Å².